The van der Waals surface area contributed by atoms with Gasteiger partial charge in [-0.25, -0.2) is 4.98 Å². The summed E-state index contributed by atoms with van der Waals surface area (Å²) >= 11 is 1.87. The Hall–Kier alpha value is -0.650. The highest BCUT2D eigenvalue weighted by atomic mass is 32.1. The van der Waals surface area contributed by atoms with Gasteiger partial charge in [0, 0.05) is 30.6 Å². The van der Waals surface area contributed by atoms with Gasteiger partial charge >= 0.3 is 0 Å². The van der Waals surface area contributed by atoms with E-state index in [1.54, 1.807) is 0 Å². The maximum atomic E-state index is 4.93. The Kier molecular flexibility index (Phi) is 5.41. The number of hydrogen-bond acceptors (Lipinski definition) is 5. The molecule has 5 heteroatoms. The molecule has 0 saturated carbocycles. The SMILES string of the molecule is CNCc1sc(N2CCCC(N(C)C)C2)nc1C(C)C. The van der Waals surface area contributed by atoms with Crippen molar-refractivity contribution in [2.24, 2.45) is 0 Å². The molecule has 2 rings (SSSR count). The van der Waals surface area contributed by atoms with Gasteiger partial charge in [0.2, 0.25) is 0 Å². The van der Waals surface area contributed by atoms with Gasteiger partial charge in [-0.3, -0.25) is 0 Å². The van der Waals surface area contributed by atoms with Crippen molar-refractivity contribution in [1.82, 2.24) is 15.2 Å². The number of nitrogens with one attached hydrogen (secondary N) is 1. The third-order valence-corrected chi connectivity index (χ3v) is 5.13. The number of rotatable bonds is 5. The molecule has 1 atom stereocenters. The molecule has 1 N–H and O–H groups in total. The maximum Gasteiger partial charge on any atom is 0.185 e. The van der Waals surface area contributed by atoms with E-state index in [2.05, 4.69) is 43.1 Å². The van der Waals surface area contributed by atoms with Crippen LogP contribution in [0, 0.1) is 0 Å². The second kappa shape index (κ2) is 6.87. The van der Waals surface area contributed by atoms with E-state index in [-0.39, 0.29) is 0 Å². The Morgan fingerprint density at radius 1 is 1.45 bits per heavy atom. The van der Waals surface area contributed by atoms with E-state index < -0.39 is 0 Å². The third-order valence-electron chi connectivity index (χ3n) is 4.00. The molecule has 0 bridgehead atoms. The van der Waals surface area contributed by atoms with Crippen LogP contribution in [-0.4, -0.2) is 50.2 Å². The highest BCUT2D eigenvalue weighted by molar-refractivity contribution is 7.15. The average molecular weight is 296 g/mol. The summed E-state index contributed by atoms with van der Waals surface area (Å²) in [6, 6.07) is 0.655. The standard InChI is InChI=1S/C15H28N4S/c1-11(2)14-13(9-16-3)20-15(17-14)19-8-6-7-12(10-19)18(4)5/h11-12,16H,6-10H2,1-5H3. The van der Waals surface area contributed by atoms with Gasteiger partial charge < -0.3 is 15.1 Å². The second-order valence-corrected chi connectivity index (χ2v) is 7.26. The van der Waals surface area contributed by atoms with Gasteiger partial charge in [-0.2, -0.15) is 0 Å². The molecule has 1 aliphatic rings. The normalized spacial score (nSPS) is 20.1. The number of hydrogen-bond donors (Lipinski definition) is 1. The zero-order valence-electron chi connectivity index (χ0n) is 13.4. The predicted octanol–water partition coefficient (Wildman–Crippen LogP) is 2.52. The zero-order chi connectivity index (χ0) is 14.7. The van der Waals surface area contributed by atoms with Crippen molar-refractivity contribution in [3.63, 3.8) is 0 Å². The van der Waals surface area contributed by atoms with Crippen LogP contribution in [0.2, 0.25) is 0 Å². The molecule has 0 spiro atoms. The van der Waals surface area contributed by atoms with Crippen molar-refractivity contribution in [2.45, 2.75) is 45.2 Å². The number of anilines is 1. The van der Waals surface area contributed by atoms with E-state index in [4.69, 9.17) is 4.98 Å². The van der Waals surface area contributed by atoms with Crippen LogP contribution in [0.5, 0.6) is 0 Å². The number of likely N-dealkylation sites (N-methyl/N-ethyl adjacent to an activating group) is 1. The number of thiazole rings is 1. The molecule has 2 heterocycles. The fourth-order valence-electron chi connectivity index (χ4n) is 2.77. The van der Waals surface area contributed by atoms with Crippen molar-refractivity contribution in [1.29, 1.82) is 0 Å². The molecular formula is C15H28N4S. The lowest BCUT2D eigenvalue weighted by Crippen LogP contribution is -2.45. The lowest BCUT2D eigenvalue weighted by molar-refractivity contribution is 0.258. The van der Waals surface area contributed by atoms with Crippen molar-refractivity contribution in [2.75, 3.05) is 39.1 Å². The van der Waals surface area contributed by atoms with Gasteiger partial charge in [0.25, 0.3) is 0 Å². The molecule has 1 aliphatic heterocycles. The summed E-state index contributed by atoms with van der Waals surface area (Å²) in [7, 11) is 6.37. The lowest BCUT2D eigenvalue weighted by Gasteiger charge is -2.36. The number of nitrogens with zero attached hydrogens (tertiary/aromatic N) is 3. The number of aromatic nitrogens is 1. The summed E-state index contributed by atoms with van der Waals surface area (Å²) in [5.41, 5.74) is 1.27. The first-order chi connectivity index (χ1) is 9.52. The lowest BCUT2D eigenvalue weighted by atomic mass is 10.1. The van der Waals surface area contributed by atoms with E-state index in [1.807, 2.05) is 18.4 Å². The quantitative estimate of drug-likeness (QED) is 0.905. The zero-order valence-corrected chi connectivity index (χ0v) is 14.3. The largest absolute Gasteiger partial charge is 0.347 e. The summed E-state index contributed by atoms with van der Waals surface area (Å²) in [5, 5.41) is 4.48. The Morgan fingerprint density at radius 2 is 2.20 bits per heavy atom. The average Bonchev–Trinajstić information content (AvgIpc) is 2.83. The summed E-state index contributed by atoms with van der Waals surface area (Å²) in [6.07, 6.45) is 2.57. The van der Waals surface area contributed by atoms with Crippen LogP contribution in [0.3, 0.4) is 0 Å². The fourth-order valence-corrected chi connectivity index (χ4v) is 4.04. The maximum absolute atomic E-state index is 4.93. The molecule has 0 aromatic carbocycles. The molecule has 1 aromatic rings. The molecule has 1 fully saturated rings. The highest BCUT2D eigenvalue weighted by Crippen LogP contribution is 2.32. The second-order valence-electron chi connectivity index (χ2n) is 6.20. The van der Waals surface area contributed by atoms with Crippen LogP contribution in [0.15, 0.2) is 0 Å². The Morgan fingerprint density at radius 3 is 2.80 bits per heavy atom. The summed E-state index contributed by atoms with van der Waals surface area (Å²) < 4.78 is 0. The molecule has 0 aliphatic carbocycles. The van der Waals surface area contributed by atoms with Gasteiger partial charge in [-0.1, -0.05) is 13.8 Å². The van der Waals surface area contributed by atoms with Crippen LogP contribution in [0.25, 0.3) is 0 Å². The first kappa shape index (κ1) is 15.7. The van der Waals surface area contributed by atoms with Gasteiger partial charge in [0.05, 0.1) is 5.69 Å². The van der Waals surface area contributed by atoms with Crippen LogP contribution in [0.1, 0.15) is 43.2 Å². The van der Waals surface area contributed by atoms with E-state index in [0.29, 0.717) is 12.0 Å². The molecule has 0 radical (unpaired) electrons. The van der Waals surface area contributed by atoms with Crippen LogP contribution < -0.4 is 10.2 Å². The molecular weight excluding hydrogens is 268 g/mol. The van der Waals surface area contributed by atoms with Crippen molar-refractivity contribution < 1.29 is 0 Å². The third kappa shape index (κ3) is 3.51. The van der Waals surface area contributed by atoms with E-state index in [1.165, 1.54) is 28.5 Å². The van der Waals surface area contributed by atoms with E-state index in [0.717, 1.165) is 19.6 Å². The summed E-state index contributed by atoms with van der Waals surface area (Å²) in [5.74, 6) is 0.498. The molecule has 4 nitrogen and oxygen atoms in total. The first-order valence-electron chi connectivity index (χ1n) is 7.58. The molecule has 1 unspecified atom stereocenters. The van der Waals surface area contributed by atoms with Gasteiger partial charge in [-0.15, -0.1) is 11.3 Å². The van der Waals surface area contributed by atoms with E-state index in [9.17, 15) is 0 Å². The monoisotopic (exact) mass is 296 g/mol. The van der Waals surface area contributed by atoms with E-state index >= 15 is 0 Å². The van der Waals surface area contributed by atoms with Crippen molar-refractivity contribution in [3.8, 4) is 0 Å². The Bertz CT molecular complexity index is 428. The molecule has 114 valence electrons. The molecule has 0 amide bonds. The topological polar surface area (TPSA) is 31.4 Å². The van der Waals surface area contributed by atoms with Gasteiger partial charge in [-0.05, 0) is 39.9 Å². The predicted molar refractivity (Wildman–Crippen MR) is 87.9 cm³/mol. The minimum absolute atomic E-state index is 0.498. The summed E-state index contributed by atoms with van der Waals surface area (Å²) in [6.45, 7) is 7.65. The molecule has 1 saturated heterocycles. The van der Waals surface area contributed by atoms with Crippen molar-refractivity contribution in [3.05, 3.63) is 10.6 Å². The Labute approximate surface area is 127 Å². The fraction of sp³-hybridized carbons (Fsp3) is 0.800. The van der Waals surface area contributed by atoms with Crippen LogP contribution in [0.4, 0.5) is 5.13 Å². The van der Waals surface area contributed by atoms with Crippen molar-refractivity contribution >= 4 is 16.5 Å². The molecule has 20 heavy (non-hydrogen) atoms. The van der Waals surface area contributed by atoms with Crippen LogP contribution in [-0.2, 0) is 6.54 Å². The van der Waals surface area contributed by atoms with Gasteiger partial charge in [0.15, 0.2) is 5.13 Å². The van der Waals surface area contributed by atoms with Gasteiger partial charge in [0.1, 0.15) is 0 Å². The number of piperidine rings is 1. The summed E-state index contributed by atoms with van der Waals surface area (Å²) in [4.78, 5) is 11.1. The minimum atomic E-state index is 0.498. The van der Waals surface area contributed by atoms with Crippen LogP contribution >= 0.6 is 11.3 Å². The Balaban J connectivity index is 2.17. The molecule has 1 aromatic heterocycles. The first-order valence-corrected chi connectivity index (χ1v) is 8.40. The smallest absolute Gasteiger partial charge is 0.185 e. The highest BCUT2D eigenvalue weighted by Gasteiger charge is 2.25. The minimum Gasteiger partial charge on any atom is -0.347 e.